The van der Waals surface area contributed by atoms with Crippen LogP contribution in [-0.2, 0) is 13.1 Å². The molecule has 1 aromatic heterocycles. The fourth-order valence-electron chi connectivity index (χ4n) is 2.51. The van der Waals surface area contributed by atoms with Crippen molar-refractivity contribution in [1.29, 1.82) is 0 Å². The van der Waals surface area contributed by atoms with Crippen LogP contribution in [0.4, 0.5) is 4.39 Å². The van der Waals surface area contributed by atoms with E-state index < -0.39 is 0 Å². The lowest BCUT2D eigenvalue weighted by molar-refractivity contribution is 0.279. The summed E-state index contributed by atoms with van der Waals surface area (Å²) in [4.78, 5) is 2.15. The minimum Gasteiger partial charge on any atom is -0.296 e. The summed E-state index contributed by atoms with van der Waals surface area (Å²) in [5, 5.41) is 7.70. The van der Waals surface area contributed by atoms with Crippen molar-refractivity contribution in [2.45, 2.75) is 20.0 Å². The molecule has 1 heterocycles. The highest BCUT2D eigenvalue weighted by Gasteiger charge is 2.09. The van der Waals surface area contributed by atoms with Gasteiger partial charge >= 0.3 is 0 Å². The predicted molar refractivity (Wildman–Crippen MR) is 86.0 cm³/mol. The first-order valence-corrected chi connectivity index (χ1v) is 7.43. The monoisotopic (exact) mass is 311 g/mol. The molecule has 3 rings (SSSR count). The molecule has 23 heavy (non-hydrogen) atoms. The quantitative estimate of drug-likeness (QED) is 0.718. The molecular weight excluding hydrogens is 293 g/mol. The smallest absolute Gasteiger partial charge is 0.123 e. The molecule has 0 bridgehead atoms. The van der Waals surface area contributed by atoms with Crippen LogP contribution in [0.15, 0.2) is 53.2 Å². The van der Waals surface area contributed by atoms with Gasteiger partial charge in [0.1, 0.15) is 17.2 Å². The van der Waals surface area contributed by atoms with Crippen molar-refractivity contribution < 1.29 is 9.02 Å². The van der Waals surface area contributed by atoms with Crippen molar-refractivity contribution in [2.75, 3.05) is 7.05 Å². The van der Waals surface area contributed by atoms with Crippen LogP contribution < -0.4 is 0 Å². The van der Waals surface area contributed by atoms with E-state index in [-0.39, 0.29) is 5.82 Å². The first-order chi connectivity index (χ1) is 11.1. The van der Waals surface area contributed by atoms with E-state index in [0.717, 1.165) is 29.1 Å². The fourth-order valence-corrected chi connectivity index (χ4v) is 2.51. The van der Waals surface area contributed by atoms with Crippen molar-refractivity contribution in [3.8, 4) is 11.1 Å². The normalized spacial score (nSPS) is 11.1. The Morgan fingerprint density at radius 3 is 2.48 bits per heavy atom. The van der Waals surface area contributed by atoms with Crippen LogP contribution in [-0.4, -0.2) is 22.3 Å². The molecule has 0 saturated heterocycles. The van der Waals surface area contributed by atoms with Crippen molar-refractivity contribution in [2.24, 2.45) is 0 Å². The van der Waals surface area contributed by atoms with Crippen molar-refractivity contribution in [1.82, 2.24) is 15.2 Å². The maximum Gasteiger partial charge on any atom is 0.123 e. The summed E-state index contributed by atoms with van der Waals surface area (Å²) in [6, 6.07) is 14.8. The molecule has 0 radical (unpaired) electrons. The van der Waals surface area contributed by atoms with Gasteiger partial charge in [0.15, 0.2) is 0 Å². The zero-order valence-corrected chi connectivity index (χ0v) is 13.2. The van der Waals surface area contributed by atoms with Gasteiger partial charge in [0.05, 0.1) is 0 Å². The summed E-state index contributed by atoms with van der Waals surface area (Å²) in [5.74, 6) is -0.221. The zero-order chi connectivity index (χ0) is 16.2. The lowest BCUT2D eigenvalue weighted by Crippen LogP contribution is -2.18. The molecule has 0 aliphatic carbocycles. The second kappa shape index (κ2) is 6.71. The number of hydrogen-bond acceptors (Lipinski definition) is 4. The van der Waals surface area contributed by atoms with E-state index in [9.17, 15) is 4.39 Å². The highest BCUT2D eigenvalue weighted by Crippen LogP contribution is 2.21. The standard InChI is InChI=1S/C18H18FN3O/c1-13-18(21-23-20-13)12-22(2)11-14-4-3-5-16(10-14)15-6-8-17(19)9-7-15/h3-10H,11-12H2,1-2H3. The van der Waals surface area contributed by atoms with Gasteiger partial charge in [-0.15, -0.1) is 0 Å². The van der Waals surface area contributed by atoms with Crippen molar-refractivity contribution in [3.05, 3.63) is 71.3 Å². The largest absolute Gasteiger partial charge is 0.296 e. The maximum absolute atomic E-state index is 13.0. The zero-order valence-electron chi connectivity index (χ0n) is 13.2. The number of halogens is 1. The summed E-state index contributed by atoms with van der Waals surface area (Å²) in [5.41, 5.74) is 4.94. The van der Waals surface area contributed by atoms with Crippen LogP contribution in [0.25, 0.3) is 11.1 Å². The Kier molecular flexibility index (Phi) is 4.48. The molecule has 0 amide bonds. The Balaban J connectivity index is 1.72. The molecule has 118 valence electrons. The van der Waals surface area contributed by atoms with E-state index >= 15 is 0 Å². The second-order valence-electron chi connectivity index (χ2n) is 5.68. The molecule has 2 aromatic carbocycles. The lowest BCUT2D eigenvalue weighted by atomic mass is 10.0. The summed E-state index contributed by atoms with van der Waals surface area (Å²) in [6.07, 6.45) is 0. The molecule has 5 heteroatoms. The van der Waals surface area contributed by atoms with Gasteiger partial charge in [0, 0.05) is 13.1 Å². The summed E-state index contributed by atoms with van der Waals surface area (Å²) >= 11 is 0. The van der Waals surface area contributed by atoms with Gasteiger partial charge in [-0.1, -0.05) is 40.6 Å². The third-order valence-electron chi connectivity index (χ3n) is 3.72. The topological polar surface area (TPSA) is 42.2 Å². The maximum atomic E-state index is 13.0. The summed E-state index contributed by atoms with van der Waals surface area (Å²) < 4.78 is 17.8. The van der Waals surface area contributed by atoms with Crippen LogP contribution in [0.1, 0.15) is 17.0 Å². The minimum atomic E-state index is -0.221. The number of benzene rings is 2. The fraction of sp³-hybridized carbons (Fsp3) is 0.222. The highest BCUT2D eigenvalue weighted by molar-refractivity contribution is 5.64. The number of hydrogen-bond donors (Lipinski definition) is 0. The van der Waals surface area contributed by atoms with Gasteiger partial charge in [0.25, 0.3) is 0 Å². The Labute approximate surface area is 134 Å². The highest BCUT2D eigenvalue weighted by atomic mass is 19.1. The molecule has 0 N–H and O–H groups in total. The van der Waals surface area contributed by atoms with Gasteiger partial charge in [0.2, 0.25) is 0 Å². The van der Waals surface area contributed by atoms with Gasteiger partial charge in [-0.2, -0.15) is 0 Å². The van der Waals surface area contributed by atoms with Gasteiger partial charge in [-0.05, 0) is 48.9 Å². The van der Waals surface area contributed by atoms with E-state index in [1.54, 1.807) is 12.1 Å². The summed E-state index contributed by atoms with van der Waals surface area (Å²) in [7, 11) is 2.03. The average Bonchev–Trinajstić information content (AvgIpc) is 2.93. The minimum absolute atomic E-state index is 0.221. The molecule has 0 atom stereocenters. The van der Waals surface area contributed by atoms with E-state index in [0.29, 0.717) is 6.54 Å². The van der Waals surface area contributed by atoms with Crippen LogP contribution in [0.2, 0.25) is 0 Å². The van der Waals surface area contributed by atoms with Gasteiger partial charge in [-0.3, -0.25) is 4.90 Å². The van der Waals surface area contributed by atoms with Crippen LogP contribution in [0.5, 0.6) is 0 Å². The number of nitrogens with zero attached hydrogens (tertiary/aromatic N) is 3. The number of rotatable bonds is 5. The second-order valence-corrected chi connectivity index (χ2v) is 5.68. The molecular formula is C18H18FN3O. The number of aryl methyl sites for hydroxylation is 1. The molecule has 0 fully saturated rings. The Bertz CT molecular complexity index is 783. The van der Waals surface area contributed by atoms with Crippen LogP contribution in [0, 0.1) is 12.7 Å². The molecule has 4 nitrogen and oxygen atoms in total. The third kappa shape index (κ3) is 3.81. The number of aromatic nitrogens is 2. The SMILES string of the molecule is Cc1nonc1CN(C)Cc1cccc(-c2ccc(F)cc2)c1. The molecule has 3 aromatic rings. The van der Waals surface area contributed by atoms with Crippen molar-refractivity contribution in [3.63, 3.8) is 0 Å². The van der Waals surface area contributed by atoms with Crippen LogP contribution in [0.3, 0.4) is 0 Å². The van der Waals surface area contributed by atoms with Gasteiger partial charge in [-0.25, -0.2) is 9.02 Å². The lowest BCUT2D eigenvalue weighted by Gasteiger charge is -2.16. The first kappa shape index (κ1) is 15.4. The van der Waals surface area contributed by atoms with Crippen LogP contribution >= 0.6 is 0 Å². The predicted octanol–water partition coefficient (Wildman–Crippen LogP) is 3.82. The first-order valence-electron chi connectivity index (χ1n) is 7.43. The van der Waals surface area contributed by atoms with E-state index in [1.807, 2.05) is 26.1 Å². The third-order valence-corrected chi connectivity index (χ3v) is 3.72. The van der Waals surface area contributed by atoms with E-state index in [2.05, 4.69) is 27.3 Å². The van der Waals surface area contributed by atoms with E-state index in [1.165, 1.54) is 17.7 Å². The summed E-state index contributed by atoms with van der Waals surface area (Å²) in [6.45, 7) is 3.34. The Morgan fingerprint density at radius 1 is 1.00 bits per heavy atom. The van der Waals surface area contributed by atoms with Gasteiger partial charge < -0.3 is 0 Å². The van der Waals surface area contributed by atoms with E-state index in [4.69, 9.17) is 4.63 Å². The molecule has 0 unspecified atom stereocenters. The Morgan fingerprint density at radius 2 is 1.78 bits per heavy atom. The molecule has 0 aliphatic rings. The van der Waals surface area contributed by atoms with Crippen molar-refractivity contribution >= 4 is 0 Å². The molecule has 0 aliphatic heterocycles. The molecule has 0 spiro atoms. The average molecular weight is 311 g/mol. The molecule has 0 saturated carbocycles. The Hall–Kier alpha value is -2.53.